The van der Waals surface area contributed by atoms with Crippen LogP contribution in [0.5, 0.6) is 0 Å². The molecule has 1 aliphatic heterocycles. The van der Waals surface area contributed by atoms with Crippen molar-refractivity contribution >= 4 is 52.8 Å². The number of benzene rings is 1. The number of aromatic amines is 1. The van der Waals surface area contributed by atoms with Gasteiger partial charge in [-0.15, -0.1) is 23.7 Å². The first kappa shape index (κ1) is 18.4. The van der Waals surface area contributed by atoms with Crippen molar-refractivity contribution in [3.05, 3.63) is 52.0 Å². The minimum atomic E-state index is 0. The zero-order valence-electron chi connectivity index (χ0n) is 14.1. The van der Waals surface area contributed by atoms with Crippen molar-refractivity contribution in [2.75, 3.05) is 26.3 Å². The monoisotopic (exact) mass is 389 g/mol. The van der Waals surface area contributed by atoms with Gasteiger partial charge < -0.3 is 15.5 Å². The topological polar surface area (TPSA) is 79.5 Å². The molecule has 136 valence electrons. The van der Waals surface area contributed by atoms with E-state index in [1.165, 1.54) is 4.88 Å². The maximum absolute atomic E-state index is 6.17. The predicted octanol–water partition coefficient (Wildman–Crippen LogP) is 3.17. The summed E-state index contributed by atoms with van der Waals surface area (Å²) in [6.45, 7) is 2.92. The average molecular weight is 390 g/mol. The second-order valence-corrected chi connectivity index (χ2v) is 6.73. The minimum absolute atomic E-state index is 0. The minimum Gasteiger partial charge on any atom is -0.382 e. The quantitative estimate of drug-likeness (QED) is 0.530. The summed E-state index contributed by atoms with van der Waals surface area (Å²) in [5, 5.41) is 8.50. The number of H-pyrrole nitrogens is 1. The highest BCUT2D eigenvalue weighted by atomic mass is 35.5. The molecule has 0 spiro atoms. The number of amidine groups is 1. The number of imidazole rings is 1. The van der Waals surface area contributed by atoms with Crippen LogP contribution in [0.3, 0.4) is 0 Å². The van der Waals surface area contributed by atoms with Crippen LogP contribution in [0.1, 0.15) is 16.3 Å². The van der Waals surface area contributed by atoms with Crippen molar-refractivity contribution in [1.29, 1.82) is 0 Å². The Morgan fingerprint density at radius 3 is 2.88 bits per heavy atom. The van der Waals surface area contributed by atoms with Gasteiger partial charge in [0.2, 0.25) is 0 Å². The standard InChI is InChI=1S/C18H19N5OS.ClH/c19-18(22-23-7-9-24-10-8-23)13-3-5-15-16(12-13)21-17(20-15)6-4-14-2-1-11-25-14;/h1-6,11-12H,7-10H2,(H2,19,22)(H,20,21);1H/b6-4+;. The van der Waals surface area contributed by atoms with Crippen LogP contribution in [0.15, 0.2) is 40.8 Å². The highest BCUT2D eigenvalue weighted by Crippen LogP contribution is 2.17. The van der Waals surface area contributed by atoms with Crippen molar-refractivity contribution in [3.63, 3.8) is 0 Å². The van der Waals surface area contributed by atoms with Crippen LogP contribution in [0.2, 0.25) is 0 Å². The second kappa shape index (κ2) is 8.35. The second-order valence-electron chi connectivity index (χ2n) is 5.75. The van der Waals surface area contributed by atoms with Crippen molar-refractivity contribution in [1.82, 2.24) is 15.0 Å². The molecular formula is C18H20ClN5OS. The Morgan fingerprint density at radius 2 is 2.12 bits per heavy atom. The lowest BCUT2D eigenvalue weighted by molar-refractivity contribution is 0.0393. The summed E-state index contributed by atoms with van der Waals surface area (Å²) in [5.74, 6) is 1.33. The zero-order chi connectivity index (χ0) is 17.1. The van der Waals surface area contributed by atoms with E-state index in [1.54, 1.807) is 11.3 Å². The summed E-state index contributed by atoms with van der Waals surface area (Å²) in [5.41, 5.74) is 8.91. The Balaban J connectivity index is 0.00000196. The Morgan fingerprint density at radius 1 is 1.27 bits per heavy atom. The number of rotatable bonds is 4. The van der Waals surface area contributed by atoms with Gasteiger partial charge in [0.05, 0.1) is 37.3 Å². The van der Waals surface area contributed by atoms with Gasteiger partial charge in [-0.1, -0.05) is 6.07 Å². The number of hydrogen-bond acceptors (Lipinski definition) is 5. The van der Waals surface area contributed by atoms with Gasteiger partial charge in [0.15, 0.2) is 5.84 Å². The molecule has 26 heavy (non-hydrogen) atoms. The summed E-state index contributed by atoms with van der Waals surface area (Å²) in [4.78, 5) is 9.10. The third-order valence-electron chi connectivity index (χ3n) is 3.98. The van der Waals surface area contributed by atoms with Crippen molar-refractivity contribution in [2.24, 2.45) is 10.8 Å². The fraction of sp³-hybridized carbons (Fsp3) is 0.222. The first-order valence-corrected chi connectivity index (χ1v) is 9.04. The van der Waals surface area contributed by atoms with Crippen LogP contribution in [-0.4, -0.2) is 47.1 Å². The summed E-state index contributed by atoms with van der Waals surface area (Å²) >= 11 is 1.70. The number of nitrogens with two attached hydrogens (primary N) is 1. The summed E-state index contributed by atoms with van der Waals surface area (Å²) in [6.07, 6.45) is 4.04. The van der Waals surface area contributed by atoms with Gasteiger partial charge in [-0.05, 0) is 41.8 Å². The fourth-order valence-corrected chi connectivity index (χ4v) is 3.30. The maximum Gasteiger partial charge on any atom is 0.150 e. The molecule has 0 amide bonds. The number of fused-ring (bicyclic) bond motifs is 1. The summed E-state index contributed by atoms with van der Waals surface area (Å²) in [7, 11) is 0. The van der Waals surface area contributed by atoms with E-state index in [0.29, 0.717) is 19.0 Å². The third kappa shape index (κ3) is 4.24. The molecule has 0 saturated carbocycles. The first-order chi connectivity index (χ1) is 12.3. The average Bonchev–Trinajstić information content (AvgIpc) is 3.29. The van der Waals surface area contributed by atoms with Gasteiger partial charge in [0.25, 0.3) is 0 Å². The molecule has 3 aromatic rings. The van der Waals surface area contributed by atoms with Crippen LogP contribution in [-0.2, 0) is 4.74 Å². The van der Waals surface area contributed by atoms with Gasteiger partial charge in [0, 0.05) is 10.4 Å². The first-order valence-electron chi connectivity index (χ1n) is 8.16. The molecule has 1 fully saturated rings. The molecule has 0 atom stereocenters. The van der Waals surface area contributed by atoms with Gasteiger partial charge in [-0.2, -0.15) is 5.10 Å². The van der Waals surface area contributed by atoms with E-state index < -0.39 is 0 Å². The SMILES string of the molecule is Cl.N/C(=N\N1CCOCC1)c1ccc2nc(/C=C/c3cccs3)[nH]c2c1. The van der Waals surface area contributed by atoms with Crippen molar-refractivity contribution < 1.29 is 4.74 Å². The van der Waals surface area contributed by atoms with E-state index in [1.807, 2.05) is 35.4 Å². The lowest BCUT2D eigenvalue weighted by Crippen LogP contribution is -2.34. The van der Waals surface area contributed by atoms with Gasteiger partial charge in [0.1, 0.15) is 5.82 Å². The van der Waals surface area contributed by atoms with Gasteiger partial charge >= 0.3 is 0 Å². The molecule has 1 aromatic carbocycles. The summed E-state index contributed by atoms with van der Waals surface area (Å²) < 4.78 is 5.33. The number of nitrogens with zero attached hydrogens (tertiary/aromatic N) is 3. The molecule has 0 aliphatic carbocycles. The molecular weight excluding hydrogens is 370 g/mol. The molecule has 2 aromatic heterocycles. The Hall–Kier alpha value is -2.35. The number of aromatic nitrogens is 2. The smallest absolute Gasteiger partial charge is 0.150 e. The molecule has 0 bridgehead atoms. The van der Waals surface area contributed by atoms with Crippen molar-refractivity contribution in [2.45, 2.75) is 0 Å². The van der Waals surface area contributed by atoms with E-state index in [-0.39, 0.29) is 12.4 Å². The molecule has 8 heteroatoms. The highest BCUT2D eigenvalue weighted by molar-refractivity contribution is 7.10. The number of hydrogen-bond donors (Lipinski definition) is 2. The van der Waals surface area contributed by atoms with Gasteiger partial charge in [-0.3, -0.25) is 5.01 Å². The number of thiophene rings is 1. The molecule has 6 nitrogen and oxygen atoms in total. The molecule has 3 heterocycles. The molecule has 1 aliphatic rings. The number of nitrogens with one attached hydrogen (secondary N) is 1. The number of halogens is 1. The number of morpholine rings is 1. The molecule has 0 unspecified atom stereocenters. The lowest BCUT2D eigenvalue weighted by atomic mass is 10.2. The fourth-order valence-electron chi connectivity index (χ4n) is 2.68. The highest BCUT2D eigenvalue weighted by Gasteiger charge is 2.10. The maximum atomic E-state index is 6.17. The molecule has 0 radical (unpaired) electrons. The summed E-state index contributed by atoms with van der Waals surface area (Å²) in [6, 6.07) is 10.0. The Labute approximate surface area is 161 Å². The van der Waals surface area contributed by atoms with Crippen LogP contribution in [0.25, 0.3) is 23.2 Å². The number of ether oxygens (including phenoxy) is 1. The van der Waals surface area contributed by atoms with Crippen LogP contribution in [0, 0.1) is 0 Å². The van der Waals surface area contributed by atoms with E-state index in [4.69, 9.17) is 10.5 Å². The van der Waals surface area contributed by atoms with Crippen LogP contribution in [0.4, 0.5) is 0 Å². The number of hydrazone groups is 1. The van der Waals surface area contributed by atoms with Crippen LogP contribution >= 0.6 is 23.7 Å². The Bertz CT molecular complexity index is 913. The third-order valence-corrected chi connectivity index (χ3v) is 4.82. The predicted molar refractivity (Wildman–Crippen MR) is 110 cm³/mol. The lowest BCUT2D eigenvalue weighted by Gasteiger charge is -2.24. The Kier molecular flexibility index (Phi) is 5.92. The van der Waals surface area contributed by atoms with E-state index in [0.717, 1.165) is 35.5 Å². The van der Waals surface area contributed by atoms with Gasteiger partial charge in [-0.25, -0.2) is 4.98 Å². The molecule has 1 saturated heterocycles. The van der Waals surface area contributed by atoms with Crippen LogP contribution < -0.4 is 5.73 Å². The molecule has 3 N–H and O–H groups in total. The molecule has 4 rings (SSSR count). The van der Waals surface area contributed by atoms with E-state index in [9.17, 15) is 0 Å². The van der Waals surface area contributed by atoms with E-state index in [2.05, 4.69) is 32.6 Å². The zero-order valence-corrected chi connectivity index (χ0v) is 15.7. The van der Waals surface area contributed by atoms with Crippen molar-refractivity contribution in [3.8, 4) is 0 Å². The van der Waals surface area contributed by atoms with E-state index >= 15 is 0 Å². The largest absolute Gasteiger partial charge is 0.382 e. The normalized spacial score (nSPS) is 15.5.